The quantitative estimate of drug-likeness (QED) is 0.858. The fourth-order valence-electron chi connectivity index (χ4n) is 2.68. The van der Waals surface area contributed by atoms with Gasteiger partial charge < -0.3 is 5.11 Å². The molecule has 0 heterocycles. The van der Waals surface area contributed by atoms with Crippen LogP contribution < -0.4 is 0 Å². The van der Waals surface area contributed by atoms with Gasteiger partial charge in [-0.2, -0.15) is 0 Å². The lowest BCUT2D eigenvalue weighted by molar-refractivity contribution is -0.143. The van der Waals surface area contributed by atoms with Gasteiger partial charge in [-0.15, -0.1) is 0 Å². The summed E-state index contributed by atoms with van der Waals surface area (Å²) in [5.74, 6) is -0.636. The summed E-state index contributed by atoms with van der Waals surface area (Å²) in [6.45, 7) is 0. The molecule has 0 saturated heterocycles. The first-order valence-corrected chi connectivity index (χ1v) is 7.22. The summed E-state index contributed by atoms with van der Waals surface area (Å²) < 4.78 is 0. The number of halogens is 1. The molecule has 1 aliphatic rings. The fourth-order valence-corrected chi connectivity index (χ4v) is 3.05. The van der Waals surface area contributed by atoms with Gasteiger partial charge in [0.25, 0.3) is 0 Å². The highest BCUT2D eigenvalue weighted by Gasteiger charge is 2.31. The van der Waals surface area contributed by atoms with Crippen molar-refractivity contribution in [2.24, 2.45) is 5.92 Å². The zero-order valence-electron chi connectivity index (χ0n) is 9.73. The van der Waals surface area contributed by atoms with E-state index in [2.05, 4.69) is 40.2 Å². The lowest BCUT2D eigenvalue weighted by Crippen LogP contribution is -2.25. The van der Waals surface area contributed by atoms with Crippen LogP contribution in [-0.4, -0.2) is 11.1 Å². The van der Waals surface area contributed by atoms with E-state index in [9.17, 15) is 9.90 Å². The van der Waals surface area contributed by atoms with Crippen LogP contribution in [0.15, 0.2) is 24.3 Å². The van der Waals surface area contributed by atoms with Crippen LogP contribution in [0.1, 0.15) is 42.7 Å². The second-order valence-electron chi connectivity index (χ2n) is 4.71. The van der Waals surface area contributed by atoms with Gasteiger partial charge in [0.2, 0.25) is 0 Å². The molecule has 2 rings (SSSR count). The number of carboxylic acids is 1. The highest BCUT2D eigenvalue weighted by Crippen LogP contribution is 2.38. The van der Waals surface area contributed by atoms with Gasteiger partial charge in [0.1, 0.15) is 0 Å². The summed E-state index contributed by atoms with van der Waals surface area (Å²) in [6.07, 6.45) is 4.02. The summed E-state index contributed by atoms with van der Waals surface area (Å²) in [7, 11) is 0. The van der Waals surface area contributed by atoms with Gasteiger partial charge >= 0.3 is 5.97 Å². The lowest BCUT2D eigenvalue weighted by Gasteiger charge is -2.28. The minimum Gasteiger partial charge on any atom is -0.481 e. The maximum atomic E-state index is 11.3. The van der Waals surface area contributed by atoms with Crippen molar-refractivity contribution in [2.75, 3.05) is 0 Å². The second kappa shape index (κ2) is 5.67. The first-order valence-electron chi connectivity index (χ1n) is 6.10. The molecule has 0 radical (unpaired) electrons. The molecule has 0 aromatic heterocycles. The largest absolute Gasteiger partial charge is 0.481 e. The highest BCUT2D eigenvalue weighted by molar-refractivity contribution is 9.08. The van der Waals surface area contributed by atoms with Crippen LogP contribution in [0.2, 0.25) is 0 Å². The molecule has 2 unspecified atom stereocenters. The van der Waals surface area contributed by atoms with Crippen molar-refractivity contribution in [3.8, 4) is 0 Å². The van der Waals surface area contributed by atoms with E-state index in [0.717, 1.165) is 31.0 Å². The molecule has 2 nitrogen and oxygen atoms in total. The molecular formula is C14H17BrO2. The number of hydrogen-bond acceptors (Lipinski definition) is 1. The van der Waals surface area contributed by atoms with E-state index in [0.29, 0.717) is 0 Å². The number of benzene rings is 1. The molecule has 0 amide bonds. The SMILES string of the molecule is O=C(O)C1CCCCC1c1ccc(CBr)cc1. The highest BCUT2D eigenvalue weighted by atomic mass is 79.9. The average molecular weight is 297 g/mol. The van der Waals surface area contributed by atoms with Crippen LogP contribution in [0.25, 0.3) is 0 Å². The molecular weight excluding hydrogens is 280 g/mol. The Morgan fingerprint density at radius 2 is 1.88 bits per heavy atom. The normalized spacial score (nSPS) is 24.5. The zero-order valence-corrected chi connectivity index (χ0v) is 11.3. The molecule has 2 atom stereocenters. The van der Waals surface area contributed by atoms with Crippen molar-refractivity contribution < 1.29 is 9.90 Å². The Bertz CT molecular complexity index is 386. The Balaban J connectivity index is 2.20. The minimum absolute atomic E-state index is 0.196. The third-order valence-corrected chi connectivity index (χ3v) is 4.29. The predicted octanol–water partition coefficient (Wildman–Crippen LogP) is 3.94. The van der Waals surface area contributed by atoms with Crippen LogP contribution in [-0.2, 0) is 10.1 Å². The molecule has 0 bridgehead atoms. The summed E-state index contributed by atoms with van der Waals surface area (Å²) in [5, 5.41) is 10.1. The Labute approximate surface area is 110 Å². The molecule has 3 heteroatoms. The van der Waals surface area contributed by atoms with Gasteiger partial charge in [0.15, 0.2) is 0 Å². The molecule has 92 valence electrons. The predicted molar refractivity (Wildman–Crippen MR) is 71.4 cm³/mol. The first kappa shape index (κ1) is 12.6. The Kier molecular flexibility index (Phi) is 4.21. The molecule has 0 spiro atoms. The van der Waals surface area contributed by atoms with E-state index in [-0.39, 0.29) is 11.8 Å². The molecule has 1 fully saturated rings. The monoisotopic (exact) mass is 296 g/mol. The summed E-state index contributed by atoms with van der Waals surface area (Å²) in [5.41, 5.74) is 2.42. The van der Waals surface area contributed by atoms with Gasteiger partial charge in [-0.25, -0.2) is 0 Å². The number of rotatable bonds is 3. The van der Waals surface area contributed by atoms with Crippen molar-refractivity contribution in [3.05, 3.63) is 35.4 Å². The number of alkyl halides is 1. The number of aliphatic carboxylic acids is 1. The van der Waals surface area contributed by atoms with Gasteiger partial charge in [0.05, 0.1) is 5.92 Å². The van der Waals surface area contributed by atoms with Gasteiger partial charge in [-0.3, -0.25) is 4.79 Å². The summed E-state index contributed by atoms with van der Waals surface area (Å²) in [4.78, 5) is 11.3. The van der Waals surface area contributed by atoms with Crippen LogP contribution in [0.5, 0.6) is 0 Å². The minimum atomic E-state index is -0.640. The topological polar surface area (TPSA) is 37.3 Å². The third kappa shape index (κ3) is 2.89. The van der Waals surface area contributed by atoms with E-state index in [1.165, 1.54) is 11.1 Å². The maximum Gasteiger partial charge on any atom is 0.307 e. The molecule has 17 heavy (non-hydrogen) atoms. The van der Waals surface area contributed by atoms with Crippen LogP contribution in [0.4, 0.5) is 0 Å². The van der Waals surface area contributed by atoms with Crippen LogP contribution >= 0.6 is 15.9 Å². The van der Waals surface area contributed by atoms with Crippen molar-refractivity contribution >= 4 is 21.9 Å². The second-order valence-corrected chi connectivity index (χ2v) is 5.27. The first-order chi connectivity index (χ1) is 8.22. The number of hydrogen-bond donors (Lipinski definition) is 1. The third-order valence-electron chi connectivity index (χ3n) is 3.65. The van der Waals surface area contributed by atoms with Gasteiger partial charge in [-0.05, 0) is 29.9 Å². The number of carbonyl (C=O) groups is 1. The van der Waals surface area contributed by atoms with Crippen LogP contribution in [0.3, 0.4) is 0 Å². The summed E-state index contributed by atoms with van der Waals surface area (Å²) in [6, 6.07) is 8.33. The van der Waals surface area contributed by atoms with E-state index in [4.69, 9.17) is 0 Å². The van der Waals surface area contributed by atoms with Gasteiger partial charge in [-0.1, -0.05) is 53.0 Å². The zero-order chi connectivity index (χ0) is 12.3. The smallest absolute Gasteiger partial charge is 0.307 e. The lowest BCUT2D eigenvalue weighted by atomic mass is 9.75. The van der Waals surface area contributed by atoms with Crippen LogP contribution in [0, 0.1) is 5.92 Å². The van der Waals surface area contributed by atoms with Gasteiger partial charge in [0, 0.05) is 5.33 Å². The summed E-state index contributed by atoms with van der Waals surface area (Å²) >= 11 is 3.42. The number of carboxylic acid groups (broad SMARTS) is 1. The van der Waals surface area contributed by atoms with Crippen molar-refractivity contribution in [2.45, 2.75) is 36.9 Å². The Hall–Kier alpha value is -0.830. The molecule has 0 aliphatic heterocycles. The molecule has 1 aliphatic carbocycles. The van der Waals surface area contributed by atoms with Crippen molar-refractivity contribution in [3.63, 3.8) is 0 Å². The molecule has 1 N–H and O–H groups in total. The van der Waals surface area contributed by atoms with E-state index in [1.807, 2.05) is 0 Å². The molecule has 1 aromatic carbocycles. The maximum absolute atomic E-state index is 11.3. The van der Waals surface area contributed by atoms with Crippen molar-refractivity contribution in [1.82, 2.24) is 0 Å². The van der Waals surface area contributed by atoms with E-state index < -0.39 is 5.97 Å². The standard InChI is InChI=1S/C14H17BrO2/c15-9-10-5-7-11(8-6-10)12-3-1-2-4-13(12)14(16)17/h5-8,12-13H,1-4,9H2,(H,16,17). The molecule has 1 aromatic rings. The molecule has 1 saturated carbocycles. The van der Waals surface area contributed by atoms with Crippen molar-refractivity contribution in [1.29, 1.82) is 0 Å². The Morgan fingerprint density at radius 3 is 2.47 bits per heavy atom. The van der Waals surface area contributed by atoms with E-state index >= 15 is 0 Å². The Morgan fingerprint density at radius 1 is 1.24 bits per heavy atom. The average Bonchev–Trinajstić information content (AvgIpc) is 2.39. The fraction of sp³-hybridized carbons (Fsp3) is 0.500. The van der Waals surface area contributed by atoms with E-state index in [1.54, 1.807) is 0 Å².